The largest absolute Gasteiger partial charge is 0.339 e. The highest BCUT2D eigenvalue weighted by Crippen LogP contribution is 2.28. The second-order valence-corrected chi connectivity index (χ2v) is 6.56. The summed E-state index contributed by atoms with van der Waals surface area (Å²) < 4.78 is 1.78. The lowest BCUT2D eigenvalue weighted by atomic mass is 10.1. The van der Waals surface area contributed by atoms with Gasteiger partial charge >= 0.3 is 0 Å². The number of benzene rings is 1. The standard InChI is InChI=1S/C17H22N4O/c1-19-14-6-7-15(19)11-20(9-8-14)17(22)12-21-10-13-4-2-3-5-16(13)18-21/h2-5,10,14-15H,6-9,11-12H2,1H3/t14-,15+/m0/s1. The highest BCUT2D eigenvalue weighted by molar-refractivity contribution is 5.80. The fourth-order valence-corrected chi connectivity index (χ4v) is 3.87. The van der Waals surface area contributed by atoms with Crippen molar-refractivity contribution in [2.24, 2.45) is 0 Å². The molecule has 5 heteroatoms. The zero-order chi connectivity index (χ0) is 15.1. The van der Waals surface area contributed by atoms with Gasteiger partial charge < -0.3 is 4.90 Å². The van der Waals surface area contributed by atoms with Crippen molar-refractivity contribution in [2.75, 3.05) is 20.1 Å². The third-order valence-electron chi connectivity index (χ3n) is 5.26. The Balaban J connectivity index is 1.47. The average Bonchev–Trinajstić information content (AvgIpc) is 2.99. The molecule has 0 radical (unpaired) electrons. The zero-order valence-electron chi connectivity index (χ0n) is 13.0. The predicted molar refractivity (Wildman–Crippen MR) is 85.5 cm³/mol. The SMILES string of the molecule is CN1[C@H]2CC[C@@H]1CN(C(=O)Cn1cc3ccccc3n1)CC2. The molecule has 4 rings (SSSR count). The van der Waals surface area contributed by atoms with Crippen LogP contribution >= 0.6 is 0 Å². The Labute approximate surface area is 130 Å². The number of fused-ring (bicyclic) bond motifs is 3. The molecule has 0 saturated carbocycles. The topological polar surface area (TPSA) is 41.4 Å². The second kappa shape index (κ2) is 5.39. The van der Waals surface area contributed by atoms with E-state index in [0.717, 1.165) is 30.4 Å². The molecule has 2 aliphatic rings. The third-order valence-corrected chi connectivity index (χ3v) is 5.26. The number of amides is 1. The molecule has 3 heterocycles. The zero-order valence-corrected chi connectivity index (χ0v) is 13.0. The van der Waals surface area contributed by atoms with Crippen molar-refractivity contribution < 1.29 is 4.79 Å². The van der Waals surface area contributed by atoms with Crippen molar-refractivity contribution >= 4 is 16.8 Å². The van der Waals surface area contributed by atoms with E-state index in [0.29, 0.717) is 18.6 Å². The number of likely N-dealkylation sites (N-methyl/N-ethyl adjacent to an activating group) is 1. The van der Waals surface area contributed by atoms with Gasteiger partial charge in [-0.1, -0.05) is 18.2 Å². The Bertz CT molecular complexity index is 662. The van der Waals surface area contributed by atoms with Crippen molar-refractivity contribution in [3.05, 3.63) is 30.5 Å². The van der Waals surface area contributed by atoms with E-state index in [-0.39, 0.29) is 5.91 Å². The van der Waals surface area contributed by atoms with Crippen LogP contribution in [0.2, 0.25) is 0 Å². The van der Waals surface area contributed by atoms with Gasteiger partial charge in [-0.05, 0) is 32.4 Å². The van der Waals surface area contributed by atoms with Gasteiger partial charge in [-0.25, -0.2) is 0 Å². The molecule has 1 aromatic heterocycles. The Hall–Kier alpha value is -1.88. The summed E-state index contributed by atoms with van der Waals surface area (Å²) in [5, 5.41) is 5.58. The van der Waals surface area contributed by atoms with Crippen molar-refractivity contribution in [3.63, 3.8) is 0 Å². The van der Waals surface area contributed by atoms with Gasteiger partial charge in [0, 0.05) is 36.8 Å². The van der Waals surface area contributed by atoms with E-state index in [4.69, 9.17) is 0 Å². The summed E-state index contributed by atoms with van der Waals surface area (Å²) in [5.74, 6) is 0.189. The van der Waals surface area contributed by atoms with Crippen molar-refractivity contribution in [3.8, 4) is 0 Å². The molecular formula is C17H22N4O. The summed E-state index contributed by atoms with van der Waals surface area (Å²) >= 11 is 0. The Morgan fingerprint density at radius 2 is 2.05 bits per heavy atom. The normalized spacial score (nSPS) is 25.6. The molecule has 2 fully saturated rings. The van der Waals surface area contributed by atoms with Gasteiger partial charge in [-0.15, -0.1) is 0 Å². The lowest BCUT2D eigenvalue weighted by Gasteiger charge is -2.25. The highest BCUT2D eigenvalue weighted by Gasteiger charge is 2.35. The van der Waals surface area contributed by atoms with Crippen LogP contribution in [0.3, 0.4) is 0 Å². The van der Waals surface area contributed by atoms with Crippen molar-refractivity contribution in [2.45, 2.75) is 37.9 Å². The van der Waals surface area contributed by atoms with Crippen LogP contribution in [0.15, 0.2) is 30.5 Å². The monoisotopic (exact) mass is 298 g/mol. The number of hydrogen-bond donors (Lipinski definition) is 0. The first-order chi connectivity index (χ1) is 10.7. The number of rotatable bonds is 2. The molecule has 0 aliphatic carbocycles. The van der Waals surface area contributed by atoms with E-state index in [9.17, 15) is 4.79 Å². The van der Waals surface area contributed by atoms with Gasteiger partial charge in [0.1, 0.15) is 6.54 Å². The maximum Gasteiger partial charge on any atom is 0.244 e. The number of carbonyl (C=O) groups excluding carboxylic acids is 1. The minimum Gasteiger partial charge on any atom is -0.339 e. The molecule has 2 saturated heterocycles. The first kappa shape index (κ1) is 13.8. The summed E-state index contributed by atoms with van der Waals surface area (Å²) in [7, 11) is 2.20. The molecule has 116 valence electrons. The van der Waals surface area contributed by atoms with E-state index in [1.807, 2.05) is 35.4 Å². The van der Waals surface area contributed by atoms with Crippen LogP contribution < -0.4 is 0 Å². The molecule has 2 atom stereocenters. The molecule has 2 aromatic rings. The molecule has 0 N–H and O–H groups in total. The van der Waals surface area contributed by atoms with Crippen LogP contribution in [-0.2, 0) is 11.3 Å². The summed E-state index contributed by atoms with van der Waals surface area (Å²) in [6.07, 6.45) is 5.56. The van der Waals surface area contributed by atoms with Gasteiger partial charge in [0.25, 0.3) is 0 Å². The summed E-state index contributed by atoms with van der Waals surface area (Å²) in [6.45, 7) is 2.09. The quantitative estimate of drug-likeness (QED) is 0.848. The van der Waals surface area contributed by atoms with Gasteiger partial charge in [0.05, 0.1) is 5.52 Å². The summed E-state index contributed by atoms with van der Waals surface area (Å²) in [5.41, 5.74) is 0.949. The second-order valence-electron chi connectivity index (χ2n) is 6.56. The van der Waals surface area contributed by atoms with Gasteiger partial charge in [-0.3, -0.25) is 14.4 Å². The van der Waals surface area contributed by atoms with E-state index >= 15 is 0 Å². The summed E-state index contributed by atoms with van der Waals surface area (Å²) in [4.78, 5) is 17.1. The molecule has 0 unspecified atom stereocenters. The molecule has 1 aromatic carbocycles. The maximum atomic E-state index is 12.6. The number of likely N-dealkylation sites (tertiary alicyclic amines) is 1. The van der Waals surface area contributed by atoms with Gasteiger partial charge in [0.15, 0.2) is 0 Å². The van der Waals surface area contributed by atoms with Crippen LogP contribution in [0.5, 0.6) is 0 Å². The van der Waals surface area contributed by atoms with E-state index < -0.39 is 0 Å². The van der Waals surface area contributed by atoms with Crippen LogP contribution in [0.4, 0.5) is 0 Å². The molecule has 1 amide bonds. The molecule has 22 heavy (non-hydrogen) atoms. The first-order valence-corrected chi connectivity index (χ1v) is 8.12. The maximum absolute atomic E-state index is 12.6. The number of carbonyl (C=O) groups is 1. The third kappa shape index (κ3) is 2.39. The Kier molecular flexibility index (Phi) is 3.37. The lowest BCUT2D eigenvalue weighted by Crippen LogP contribution is -2.41. The van der Waals surface area contributed by atoms with E-state index in [2.05, 4.69) is 17.0 Å². The number of aromatic nitrogens is 2. The first-order valence-electron chi connectivity index (χ1n) is 8.12. The van der Waals surface area contributed by atoms with Crippen LogP contribution in [-0.4, -0.2) is 57.7 Å². The Morgan fingerprint density at radius 3 is 2.91 bits per heavy atom. The molecule has 0 spiro atoms. The smallest absolute Gasteiger partial charge is 0.244 e. The fourth-order valence-electron chi connectivity index (χ4n) is 3.87. The lowest BCUT2D eigenvalue weighted by molar-refractivity contribution is -0.132. The van der Waals surface area contributed by atoms with Crippen molar-refractivity contribution in [1.29, 1.82) is 0 Å². The minimum atomic E-state index is 0.189. The molecular weight excluding hydrogens is 276 g/mol. The predicted octanol–water partition coefficient (Wildman–Crippen LogP) is 1.73. The van der Waals surface area contributed by atoms with Crippen molar-refractivity contribution in [1.82, 2.24) is 19.6 Å². The number of nitrogens with zero attached hydrogens (tertiary/aromatic N) is 4. The van der Waals surface area contributed by atoms with Crippen LogP contribution in [0.1, 0.15) is 19.3 Å². The molecule has 2 aliphatic heterocycles. The Morgan fingerprint density at radius 1 is 1.23 bits per heavy atom. The van der Waals surface area contributed by atoms with Gasteiger partial charge in [0.2, 0.25) is 5.91 Å². The van der Waals surface area contributed by atoms with E-state index in [1.165, 1.54) is 12.8 Å². The van der Waals surface area contributed by atoms with Crippen LogP contribution in [0, 0.1) is 0 Å². The molecule has 5 nitrogen and oxygen atoms in total. The van der Waals surface area contributed by atoms with Crippen LogP contribution in [0.25, 0.3) is 10.9 Å². The highest BCUT2D eigenvalue weighted by atomic mass is 16.2. The number of hydrogen-bond acceptors (Lipinski definition) is 3. The van der Waals surface area contributed by atoms with E-state index in [1.54, 1.807) is 4.68 Å². The minimum absolute atomic E-state index is 0.189. The average molecular weight is 298 g/mol. The summed E-state index contributed by atoms with van der Waals surface area (Å²) in [6, 6.07) is 9.18. The molecule has 2 bridgehead atoms. The fraction of sp³-hybridized carbons (Fsp3) is 0.529. The van der Waals surface area contributed by atoms with Gasteiger partial charge in [-0.2, -0.15) is 5.10 Å².